The molecule has 162 valence electrons. The van der Waals surface area contributed by atoms with Gasteiger partial charge in [-0.25, -0.2) is 4.98 Å². The quantitative estimate of drug-likeness (QED) is 0.609. The molecule has 0 radical (unpaired) electrons. The summed E-state index contributed by atoms with van der Waals surface area (Å²) in [5.41, 5.74) is 1.49. The predicted octanol–water partition coefficient (Wildman–Crippen LogP) is 2.86. The van der Waals surface area contributed by atoms with E-state index in [0.717, 1.165) is 17.4 Å². The van der Waals surface area contributed by atoms with E-state index in [0.29, 0.717) is 43.2 Å². The molecular weight excluding hydrogens is 396 g/mol. The van der Waals surface area contributed by atoms with Gasteiger partial charge in [-0.3, -0.25) is 9.36 Å². The lowest BCUT2D eigenvalue weighted by Gasteiger charge is -2.35. The fourth-order valence-electron chi connectivity index (χ4n) is 3.83. The first kappa shape index (κ1) is 20.6. The largest absolute Gasteiger partial charge is 0.497 e. The molecule has 0 bridgehead atoms. The van der Waals surface area contributed by atoms with Crippen molar-refractivity contribution in [2.75, 3.05) is 52.4 Å². The van der Waals surface area contributed by atoms with Crippen LogP contribution in [0.2, 0.25) is 0 Å². The number of hydrogen-bond donors (Lipinski definition) is 0. The van der Waals surface area contributed by atoms with Crippen LogP contribution >= 0.6 is 0 Å². The minimum Gasteiger partial charge on any atom is -0.497 e. The van der Waals surface area contributed by atoms with E-state index < -0.39 is 0 Å². The number of benzene rings is 2. The van der Waals surface area contributed by atoms with Crippen LogP contribution in [0.5, 0.6) is 17.2 Å². The van der Waals surface area contributed by atoms with E-state index >= 15 is 0 Å². The maximum absolute atomic E-state index is 13.1. The number of anilines is 1. The number of piperazine rings is 1. The Morgan fingerprint density at radius 3 is 2.42 bits per heavy atom. The number of methoxy groups -OCH3 is 3. The van der Waals surface area contributed by atoms with Crippen molar-refractivity contribution in [1.29, 1.82) is 0 Å². The maximum Gasteiger partial charge on any atom is 0.257 e. The molecule has 1 aromatic heterocycles. The van der Waals surface area contributed by atoms with Crippen LogP contribution in [0.25, 0.3) is 5.69 Å². The van der Waals surface area contributed by atoms with Crippen molar-refractivity contribution in [1.82, 2.24) is 14.5 Å². The Labute approximate surface area is 181 Å². The Balaban J connectivity index is 1.49. The zero-order valence-electron chi connectivity index (χ0n) is 17.9. The summed E-state index contributed by atoms with van der Waals surface area (Å²) in [6.07, 6.45) is 3.72. The van der Waals surface area contributed by atoms with Crippen LogP contribution in [0.3, 0.4) is 0 Å². The summed E-state index contributed by atoms with van der Waals surface area (Å²) < 4.78 is 18.1. The number of nitrogens with zero attached hydrogens (tertiary/aromatic N) is 4. The Hall–Kier alpha value is -3.68. The molecule has 1 amide bonds. The van der Waals surface area contributed by atoms with Gasteiger partial charge in [-0.2, -0.15) is 0 Å². The molecule has 8 nitrogen and oxygen atoms in total. The van der Waals surface area contributed by atoms with Crippen LogP contribution in [-0.2, 0) is 0 Å². The lowest BCUT2D eigenvalue weighted by atomic mass is 10.1. The first-order valence-corrected chi connectivity index (χ1v) is 10.1. The van der Waals surface area contributed by atoms with Crippen molar-refractivity contribution in [3.63, 3.8) is 0 Å². The summed E-state index contributed by atoms with van der Waals surface area (Å²) in [5, 5.41) is 0. The highest BCUT2D eigenvalue weighted by molar-refractivity contribution is 5.98. The van der Waals surface area contributed by atoms with Gasteiger partial charge >= 0.3 is 0 Å². The fraction of sp³-hybridized carbons (Fsp3) is 0.304. The Bertz CT molecular complexity index is 1060. The third kappa shape index (κ3) is 4.01. The van der Waals surface area contributed by atoms with Gasteiger partial charge in [0.25, 0.3) is 5.91 Å². The molecule has 0 saturated carbocycles. The second-order valence-corrected chi connectivity index (χ2v) is 7.12. The average Bonchev–Trinajstić information content (AvgIpc) is 3.33. The van der Waals surface area contributed by atoms with E-state index in [4.69, 9.17) is 14.2 Å². The Morgan fingerprint density at radius 2 is 1.71 bits per heavy atom. The van der Waals surface area contributed by atoms with Crippen molar-refractivity contribution >= 4 is 11.9 Å². The number of amides is 1. The molecule has 2 aromatic carbocycles. The minimum atomic E-state index is -0.0634. The van der Waals surface area contributed by atoms with E-state index in [1.807, 2.05) is 39.9 Å². The molecule has 0 atom stereocenters. The van der Waals surface area contributed by atoms with Gasteiger partial charge in [-0.15, -0.1) is 0 Å². The summed E-state index contributed by atoms with van der Waals surface area (Å²) in [6, 6.07) is 13.2. The summed E-state index contributed by atoms with van der Waals surface area (Å²) in [6.45, 7) is 2.53. The zero-order valence-corrected chi connectivity index (χ0v) is 17.9. The smallest absolute Gasteiger partial charge is 0.257 e. The van der Waals surface area contributed by atoms with E-state index in [2.05, 4.69) is 9.88 Å². The number of carbonyl (C=O) groups is 1. The topological polar surface area (TPSA) is 69.1 Å². The number of ether oxygens (including phenoxy) is 3. The zero-order chi connectivity index (χ0) is 21.8. The molecule has 1 fully saturated rings. The molecular formula is C23H26N4O4. The molecule has 1 saturated heterocycles. The molecule has 1 aliphatic heterocycles. The first-order chi connectivity index (χ1) is 15.2. The molecule has 8 heteroatoms. The van der Waals surface area contributed by atoms with Gasteiger partial charge in [0, 0.05) is 44.6 Å². The van der Waals surface area contributed by atoms with Crippen molar-refractivity contribution in [3.8, 4) is 22.9 Å². The van der Waals surface area contributed by atoms with Crippen molar-refractivity contribution in [3.05, 3.63) is 60.4 Å². The standard InChI is InChI=1S/C23H26N4O4/c1-29-18-7-4-6-17(16-18)27-11-10-24-23(27)26-14-12-25(13-15-26)22(28)19-8-5-9-20(30-2)21(19)31-3/h4-11,16H,12-15H2,1-3H3. The van der Waals surface area contributed by atoms with Gasteiger partial charge in [0.2, 0.25) is 5.95 Å². The number of aromatic nitrogens is 2. The van der Waals surface area contributed by atoms with Crippen LogP contribution in [0.1, 0.15) is 10.4 Å². The van der Waals surface area contributed by atoms with Gasteiger partial charge in [0.1, 0.15) is 5.75 Å². The number of imidazole rings is 1. The van der Waals surface area contributed by atoms with Crippen molar-refractivity contribution < 1.29 is 19.0 Å². The van der Waals surface area contributed by atoms with Crippen LogP contribution in [0, 0.1) is 0 Å². The molecule has 1 aliphatic rings. The molecule has 2 heterocycles. The highest BCUT2D eigenvalue weighted by Crippen LogP contribution is 2.32. The van der Waals surface area contributed by atoms with Crippen LogP contribution in [0.4, 0.5) is 5.95 Å². The maximum atomic E-state index is 13.1. The van der Waals surface area contributed by atoms with Crippen LogP contribution < -0.4 is 19.1 Å². The van der Waals surface area contributed by atoms with Gasteiger partial charge in [-0.05, 0) is 24.3 Å². The lowest BCUT2D eigenvalue weighted by Crippen LogP contribution is -2.49. The lowest BCUT2D eigenvalue weighted by molar-refractivity contribution is 0.0742. The monoisotopic (exact) mass is 422 g/mol. The van der Waals surface area contributed by atoms with E-state index in [-0.39, 0.29) is 5.91 Å². The van der Waals surface area contributed by atoms with Crippen LogP contribution in [0.15, 0.2) is 54.9 Å². The summed E-state index contributed by atoms with van der Waals surface area (Å²) in [4.78, 5) is 21.7. The molecule has 0 aliphatic carbocycles. The highest BCUT2D eigenvalue weighted by Gasteiger charge is 2.27. The third-order valence-corrected chi connectivity index (χ3v) is 5.44. The van der Waals surface area contributed by atoms with Gasteiger partial charge in [0.05, 0.1) is 32.6 Å². The average molecular weight is 422 g/mol. The van der Waals surface area contributed by atoms with E-state index in [9.17, 15) is 4.79 Å². The van der Waals surface area contributed by atoms with Crippen LogP contribution in [-0.4, -0.2) is 67.9 Å². The predicted molar refractivity (Wildman–Crippen MR) is 118 cm³/mol. The van der Waals surface area contributed by atoms with Crippen molar-refractivity contribution in [2.24, 2.45) is 0 Å². The SMILES string of the molecule is COc1cccc(-n2ccnc2N2CCN(C(=O)c3cccc(OC)c3OC)CC2)c1. The Kier molecular flexibility index (Phi) is 5.97. The minimum absolute atomic E-state index is 0.0634. The molecule has 0 N–H and O–H groups in total. The van der Waals surface area contributed by atoms with Crippen molar-refractivity contribution in [2.45, 2.75) is 0 Å². The second kappa shape index (κ2) is 8.99. The second-order valence-electron chi connectivity index (χ2n) is 7.12. The van der Waals surface area contributed by atoms with E-state index in [1.54, 1.807) is 45.7 Å². The van der Waals surface area contributed by atoms with Gasteiger partial charge in [0.15, 0.2) is 11.5 Å². The number of rotatable bonds is 6. The molecule has 4 rings (SSSR count). The molecule has 31 heavy (non-hydrogen) atoms. The Morgan fingerprint density at radius 1 is 0.935 bits per heavy atom. The number of para-hydroxylation sites is 1. The normalized spacial score (nSPS) is 13.8. The number of carbonyl (C=O) groups excluding carboxylic acids is 1. The molecule has 0 spiro atoms. The molecule has 3 aromatic rings. The third-order valence-electron chi connectivity index (χ3n) is 5.44. The first-order valence-electron chi connectivity index (χ1n) is 10.1. The van der Waals surface area contributed by atoms with Gasteiger partial charge < -0.3 is 24.0 Å². The summed E-state index contributed by atoms with van der Waals surface area (Å²) in [7, 11) is 4.77. The summed E-state index contributed by atoms with van der Waals surface area (Å²) in [5.74, 6) is 2.59. The number of hydrogen-bond acceptors (Lipinski definition) is 6. The fourth-order valence-corrected chi connectivity index (χ4v) is 3.83. The summed E-state index contributed by atoms with van der Waals surface area (Å²) >= 11 is 0. The highest BCUT2D eigenvalue weighted by atomic mass is 16.5. The van der Waals surface area contributed by atoms with Gasteiger partial charge in [-0.1, -0.05) is 12.1 Å². The molecule has 0 unspecified atom stereocenters. The van der Waals surface area contributed by atoms with E-state index in [1.165, 1.54) is 0 Å².